The van der Waals surface area contributed by atoms with Crippen molar-refractivity contribution < 1.29 is 4.74 Å². The Morgan fingerprint density at radius 1 is 1.47 bits per heavy atom. The molecule has 17 heavy (non-hydrogen) atoms. The zero-order valence-corrected chi connectivity index (χ0v) is 11.4. The van der Waals surface area contributed by atoms with Gasteiger partial charge in [-0.2, -0.15) is 0 Å². The molecule has 0 aliphatic carbocycles. The molecule has 98 valence electrons. The van der Waals surface area contributed by atoms with Crippen LogP contribution in [0.25, 0.3) is 0 Å². The molecule has 0 saturated heterocycles. The van der Waals surface area contributed by atoms with Crippen LogP contribution in [-0.2, 0) is 11.3 Å². The number of imidazole rings is 1. The summed E-state index contributed by atoms with van der Waals surface area (Å²) >= 11 is 0. The van der Waals surface area contributed by atoms with Crippen molar-refractivity contribution in [2.75, 3.05) is 14.2 Å². The van der Waals surface area contributed by atoms with Crippen LogP contribution < -0.4 is 5.32 Å². The van der Waals surface area contributed by atoms with Gasteiger partial charge in [-0.05, 0) is 33.2 Å². The molecule has 0 aromatic carbocycles. The Kier molecular flexibility index (Phi) is 6.22. The molecule has 4 heteroatoms. The van der Waals surface area contributed by atoms with Gasteiger partial charge in [0.25, 0.3) is 0 Å². The Labute approximate surface area is 104 Å². The van der Waals surface area contributed by atoms with E-state index < -0.39 is 0 Å². The topological polar surface area (TPSA) is 39.1 Å². The molecule has 4 nitrogen and oxygen atoms in total. The minimum absolute atomic E-state index is 0.306. The summed E-state index contributed by atoms with van der Waals surface area (Å²) in [6.07, 6.45) is 7.47. The molecule has 1 aromatic heterocycles. The fourth-order valence-corrected chi connectivity index (χ4v) is 1.98. The lowest BCUT2D eigenvalue weighted by molar-refractivity contribution is 0.106. The van der Waals surface area contributed by atoms with Crippen molar-refractivity contribution in [3.05, 3.63) is 18.2 Å². The average Bonchev–Trinajstić information content (AvgIpc) is 2.78. The number of aromatic nitrogens is 2. The predicted octanol–water partition coefficient (Wildman–Crippen LogP) is 2.37. The van der Waals surface area contributed by atoms with E-state index >= 15 is 0 Å². The Balaban J connectivity index is 2.62. The van der Waals surface area contributed by atoms with Crippen LogP contribution in [0.5, 0.6) is 0 Å². The smallest absolute Gasteiger partial charge is 0.125 e. The van der Waals surface area contributed by atoms with Crippen molar-refractivity contribution in [1.29, 1.82) is 0 Å². The van der Waals surface area contributed by atoms with Gasteiger partial charge in [0.1, 0.15) is 5.82 Å². The number of nitrogens with one attached hydrogen (secondary N) is 1. The van der Waals surface area contributed by atoms with Gasteiger partial charge in [-0.15, -0.1) is 0 Å². The van der Waals surface area contributed by atoms with E-state index in [1.165, 1.54) is 0 Å². The van der Waals surface area contributed by atoms with Crippen LogP contribution >= 0.6 is 0 Å². The molecule has 1 N–H and O–H groups in total. The van der Waals surface area contributed by atoms with Crippen molar-refractivity contribution >= 4 is 0 Å². The van der Waals surface area contributed by atoms with Crippen LogP contribution in [-0.4, -0.2) is 29.8 Å². The summed E-state index contributed by atoms with van der Waals surface area (Å²) in [7, 11) is 3.75. The lowest BCUT2D eigenvalue weighted by Crippen LogP contribution is -2.22. The second-order valence-electron chi connectivity index (χ2n) is 4.44. The summed E-state index contributed by atoms with van der Waals surface area (Å²) in [6.45, 7) is 5.32. The highest BCUT2D eigenvalue weighted by Crippen LogP contribution is 2.18. The minimum Gasteiger partial charge on any atom is -0.382 e. The molecule has 0 fully saturated rings. The highest BCUT2D eigenvalue weighted by molar-refractivity contribution is 4.99. The highest BCUT2D eigenvalue weighted by atomic mass is 16.5. The lowest BCUT2D eigenvalue weighted by Gasteiger charge is -2.19. The molecule has 0 amide bonds. The summed E-state index contributed by atoms with van der Waals surface area (Å²) < 4.78 is 7.52. The maximum Gasteiger partial charge on any atom is 0.125 e. The number of ether oxygens (including phenoxy) is 1. The number of hydrogen-bond acceptors (Lipinski definition) is 3. The minimum atomic E-state index is 0.306. The van der Waals surface area contributed by atoms with E-state index in [9.17, 15) is 0 Å². The SMILES string of the molecule is CCCn1ccnc1C(CCC(C)OC)NC. The van der Waals surface area contributed by atoms with E-state index in [0.29, 0.717) is 12.1 Å². The monoisotopic (exact) mass is 239 g/mol. The second-order valence-corrected chi connectivity index (χ2v) is 4.44. The molecular formula is C13H25N3O. The Morgan fingerprint density at radius 2 is 2.24 bits per heavy atom. The van der Waals surface area contributed by atoms with E-state index in [-0.39, 0.29) is 0 Å². The quantitative estimate of drug-likeness (QED) is 0.757. The molecule has 0 aliphatic heterocycles. The van der Waals surface area contributed by atoms with Gasteiger partial charge in [0.15, 0.2) is 0 Å². The van der Waals surface area contributed by atoms with Crippen LogP contribution in [0.3, 0.4) is 0 Å². The molecule has 1 aromatic rings. The molecule has 0 aliphatic rings. The summed E-state index contributed by atoms with van der Waals surface area (Å²) in [6, 6.07) is 0.314. The zero-order valence-electron chi connectivity index (χ0n) is 11.4. The Bertz CT molecular complexity index is 311. The van der Waals surface area contributed by atoms with Gasteiger partial charge in [-0.1, -0.05) is 6.92 Å². The van der Waals surface area contributed by atoms with Crippen molar-refractivity contribution in [3.63, 3.8) is 0 Å². The predicted molar refractivity (Wildman–Crippen MR) is 70.0 cm³/mol. The largest absolute Gasteiger partial charge is 0.382 e. The number of hydrogen-bond donors (Lipinski definition) is 1. The van der Waals surface area contributed by atoms with E-state index in [0.717, 1.165) is 31.6 Å². The van der Waals surface area contributed by atoms with Gasteiger partial charge in [0.05, 0.1) is 12.1 Å². The van der Waals surface area contributed by atoms with Gasteiger partial charge >= 0.3 is 0 Å². The normalized spacial score (nSPS) is 14.8. The molecule has 0 saturated carbocycles. The first-order valence-electron chi connectivity index (χ1n) is 6.44. The van der Waals surface area contributed by atoms with E-state index in [4.69, 9.17) is 4.74 Å². The molecule has 1 rings (SSSR count). The number of aryl methyl sites for hydroxylation is 1. The van der Waals surface area contributed by atoms with Crippen LogP contribution in [0.4, 0.5) is 0 Å². The van der Waals surface area contributed by atoms with Gasteiger partial charge in [-0.3, -0.25) is 0 Å². The van der Waals surface area contributed by atoms with Crippen molar-refractivity contribution in [2.45, 2.75) is 51.8 Å². The van der Waals surface area contributed by atoms with Crippen LogP contribution in [0.15, 0.2) is 12.4 Å². The molecule has 2 unspecified atom stereocenters. The number of rotatable bonds is 8. The average molecular weight is 239 g/mol. The zero-order chi connectivity index (χ0) is 12.7. The molecule has 2 atom stereocenters. The Morgan fingerprint density at radius 3 is 2.82 bits per heavy atom. The molecule has 0 radical (unpaired) electrons. The van der Waals surface area contributed by atoms with Gasteiger partial charge in [0.2, 0.25) is 0 Å². The molecule has 0 spiro atoms. The fraction of sp³-hybridized carbons (Fsp3) is 0.769. The third-order valence-corrected chi connectivity index (χ3v) is 3.14. The van der Waals surface area contributed by atoms with E-state index in [1.807, 2.05) is 13.2 Å². The number of nitrogens with zero attached hydrogens (tertiary/aromatic N) is 2. The first kappa shape index (κ1) is 14.2. The summed E-state index contributed by atoms with van der Waals surface area (Å²) in [5.41, 5.74) is 0. The first-order valence-corrected chi connectivity index (χ1v) is 6.44. The highest BCUT2D eigenvalue weighted by Gasteiger charge is 2.15. The maximum absolute atomic E-state index is 5.29. The van der Waals surface area contributed by atoms with E-state index in [1.54, 1.807) is 7.11 Å². The maximum atomic E-state index is 5.29. The molecule has 0 bridgehead atoms. The fourth-order valence-electron chi connectivity index (χ4n) is 1.98. The molecular weight excluding hydrogens is 214 g/mol. The van der Waals surface area contributed by atoms with Gasteiger partial charge in [0, 0.05) is 26.0 Å². The van der Waals surface area contributed by atoms with Crippen LogP contribution in [0.2, 0.25) is 0 Å². The second kappa shape index (κ2) is 7.45. The number of methoxy groups -OCH3 is 1. The lowest BCUT2D eigenvalue weighted by atomic mass is 10.1. The van der Waals surface area contributed by atoms with Crippen LogP contribution in [0.1, 0.15) is 45.0 Å². The first-order chi connectivity index (χ1) is 8.22. The van der Waals surface area contributed by atoms with Gasteiger partial charge < -0.3 is 14.6 Å². The van der Waals surface area contributed by atoms with Gasteiger partial charge in [-0.25, -0.2) is 4.98 Å². The summed E-state index contributed by atoms with van der Waals surface area (Å²) in [4.78, 5) is 4.47. The summed E-state index contributed by atoms with van der Waals surface area (Å²) in [5.74, 6) is 1.14. The van der Waals surface area contributed by atoms with E-state index in [2.05, 4.69) is 34.9 Å². The van der Waals surface area contributed by atoms with Crippen molar-refractivity contribution in [1.82, 2.24) is 14.9 Å². The Hall–Kier alpha value is -0.870. The third-order valence-electron chi connectivity index (χ3n) is 3.14. The van der Waals surface area contributed by atoms with Crippen molar-refractivity contribution in [2.24, 2.45) is 0 Å². The standard InChI is InChI=1S/C13H25N3O/c1-5-9-16-10-8-15-13(16)12(14-3)7-6-11(2)17-4/h8,10-12,14H,5-7,9H2,1-4H3. The third kappa shape index (κ3) is 4.13. The molecule has 1 heterocycles. The van der Waals surface area contributed by atoms with Crippen LogP contribution in [0, 0.1) is 0 Å². The summed E-state index contributed by atoms with van der Waals surface area (Å²) in [5, 5.41) is 3.34. The van der Waals surface area contributed by atoms with Crippen molar-refractivity contribution in [3.8, 4) is 0 Å².